The lowest BCUT2D eigenvalue weighted by Crippen LogP contribution is -2.35. The van der Waals surface area contributed by atoms with Crippen LogP contribution in [0.1, 0.15) is 32.1 Å². The van der Waals surface area contributed by atoms with Crippen LogP contribution in [0.5, 0.6) is 0 Å². The molecule has 1 aromatic carbocycles. The van der Waals surface area contributed by atoms with Gasteiger partial charge in [-0.25, -0.2) is 0 Å². The van der Waals surface area contributed by atoms with Crippen LogP contribution in [0.2, 0.25) is 0 Å². The number of hydrogen-bond acceptors (Lipinski definition) is 2. The van der Waals surface area contributed by atoms with Gasteiger partial charge in [-0.2, -0.15) is 0 Å². The second kappa shape index (κ2) is 7.90. The highest BCUT2D eigenvalue weighted by atomic mass is 15.2. The summed E-state index contributed by atoms with van der Waals surface area (Å²) in [4.78, 5) is 6.82. The fourth-order valence-corrected chi connectivity index (χ4v) is 2.74. The van der Waals surface area contributed by atoms with Crippen molar-refractivity contribution in [3.63, 3.8) is 0 Å². The molecule has 110 valence electrons. The van der Waals surface area contributed by atoms with Crippen LogP contribution < -0.4 is 11.1 Å². The van der Waals surface area contributed by atoms with Crippen molar-refractivity contribution in [2.45, 2.75) is 38.1 Å². The predicted octanol–water partition coefficient (Wildman–Crippen LogP) is 2.68. The fraction of sp³-hybridized carbons (Fsp3) is 0.562. The van der Waals surface area contributed by atoms with Crippen LogP contribution >= 0.6 is 0 Å². The van der Waals surface area contributed by atoms with Gasteiger partial charge >= 0.3 is 0 Å². The van der Waals surface area contributed by atoms with Gasteiger partial charge in [0.25, 0.3) is 0 Å². The van der Waals surface area contributed by atoms with Crippen molar-refractivity contribution >= 4 is 11.6 Å². The molecule has 0 unspecified atom stereocenters. The van der Waals surface area contributed by atoms with Gasteiger partial charge in [-0.3, -0.25) is 4.99 Å². The van der Waals surface area contributed by atoms with Crippen LogP contribution in [0.3, 0.4) is 0 Å². The summed E-state index contributed by atoms with van der Waals surface area (Å²) in [6.45, 7) is 1.72. The SMILES string of the molecule is CN(CCN=C(N)Nc1ccccc1)C1CCCCC1. The minimum absolute atomic E-state index is 0.494. The summed E-state index contributed by atoms with van der Waals surface area (Å²) < 4.78 is 0. The number of rotatable bonds is 5. The first-order valence-corrected chi connectivity index (χ1v) is 7.58. The third kappa shape index (κ3) is 4.85. The third-order valence-electron chi connectivity index (χ3n) is 3.98. The first-order valence-electron chi connectivity index (χ1n) is 7.58. The van der Waals surface area contributed by atoms with Gasteiger partial charge in [-0.1, -0.05) is 37.5 Å². The Balaban J connectivity index is 1.72. The van der Waals surface area contributed by atoms with Crippen molar-refractivity contribution in [1.82, 2.24) is 4.90 Å². The van der Waals surface area contributed by atoms with Crippen molar-refractivity contribution in [2.24, 2.45) is 10.7 Å². The van der Waals surface area contributed by atoms with E-state index in [0.717, 1.165) is 24.8 Å². The van der Waals surface area contributed by atoms with Crippen molar-refractivity contribution in [1.29, 1.82) is 0 Å². The molecule has 0 amide bonds. The van der Waals surface area contributed by atoms with Gasteiger partial charge in [0.1, 0.15) is 0 Å². The lowest BCUT2D eigenvalue weighted by molar-refractivity contribution is 0.196. The summed E-state index contributed by atoms with van der Waals surface area (Å²) in [7, 11) is 2.20. The summed E-state index contributed by atoms with van der Waals surface area (Å²) >= 11 is 0. The van der Waals surface area contributed by atoms with Gasteiger partial charge in [0.2, 0.25) is 0 Å². The molecule has 0 radical (unpaired) electrons. The number of nitrogens with two attached hydrogens (primary N) is 1. The maximum Gasteiger partial charge on any atom is 0.193 e. The van der Waals surface area contributed by atoms with Gasteiger partial charge in [0.05, 0.1) is 6.54 Å². The van der Waals surface area contributed by atoms with Crippen LogP contribution in [0.15, 0.2) is 35.3 Å². The summed E-state index contributed by atoms with van der Waals surface area (Å²) in [5, 5.41) is 3.10. The molecule has 0 saturated heterocycles. The van der Waals surface area contributed by atoms with Crippen molar-refractivity contribution in [3.8, 4) is 0 Å². The monoisotopic (exact) mass is 274 g/mol. The molecule has 20 heavy (non-hydrogen) atoms. The van der Waals surface area contributed by atoms with E-state index in [1.165, 1.54) is 32.1 Å². The number of hydrogen-bond donors (Lipinski definition) is 2. The summed E-state index contributed by atoms with van der Waals surface area (Å²) in [5.74, 6) is 0.494. The Morgan fingerprint density at radius 3 is 2.65 bits per heavy atom. The molecule has 1 aromatic rings. The molecule has 1 aliphatic carbocycles. The Labute approximate surface area is 122 Å². The molecule has 4 nitrogen and oxygen atoms in total. The van der Waals surface area contributed by atoms with E-state index in [0.29, 0.717) is 5.96 Å². The molecular formula is C16H26N4. The zero-order valence-electron chi connectivity index (χ0n) is 12.4. The smallest absolute Gasteiger partial charge is 0.193 e. The van der Waals surface area contributed by atoms with Crippen LogP contribution in [-0.4, -0.2) is 37.0 Å². The first kappa shape index (κ1) is 14.9. The summed E-state index contributed by atoms with van der Waals surface area (Å²) in [5.41, 5.74) is 6.87. The first-order chi connectivity index (χ1) is 9.75. The molecule has 1 aliphatic rings. The number of para-hydroxylation sites is 1. The Morgan fingerprint density at radius 1 is 1.25 bits per heavy atom. The van der Waals surface area contributed by atoms with E-state index in [1.54, 1.807) is 0 Å². The number of nitrogens with zero attached hydrogens (tertiary/aromatic N) is 2. The lowest BCUT2D eigenvalue weighted by atomic mass is 9.94. The number of anilines is 1. The minimum Gasteiger partial charge on any atom is -0.370 e. The number of aliphatic imine (C=N–C) groups is 1. The second-order valence-corrected chi connectivity index (χ2v) is 5.53. The zero-order valence-corrected chi connectivity index (χ0v) is 12.4. The number of nitrogens with one attached hydrogen (secondary N) is 1. The molecule has 0 aliphatic heterocycles. The molecule has 0 bridgehead atoms. The van der Waals surface area contributed by atoms with Crippen LogP contribution in [-0.2, 0) is 0 Å². The Hall–Kier alpha value is -1.55. The molecule has 0 heterocycles. The van der Waals surface area contributed by atoms with E-state index in [-0.39, 0.29) is 0 Å². The van der Waals surface area contributed by atoms with Crippen LogP contribution in [0.25, 0.3) is 0 Å². The quantitative estimate of drug-likeness (QED) is 0.641. The minimum atomic E-state index is 0.494. The molecule has 3 N–H and O–H groups in total. The zero-order chi connectivity index (χ0) is 14.2. The number of guanidine groups is 1. The average Bonchev–Trinajstić information content (AvgIpc) is 2.49. The highest BCUT2D eigenvalue weighted by Gasteiger charge is 2.17. The van der Waals surface area contributed by atoms with Gasteiger partial charge in [-0.05, 0) is 32.0 Å². The molecule has 1 saturated carbocycles. The fourth-order valence-electron chi connectivity index (χ4n) is 2.74. The maximum absolute atomic E-state index is 5.89. The largest absolute Gasteiger partial charge is 0.370 e. The van der Waals surface area contributed by atoms with Gasteiger partial charge < -0.3 is 16.0 Å². The maximum atomic E-state index is 5.89. The van der Waals surface area contributed by atoms with Gasteiger partial charge in [-0.15, -0.1) is 0 Å². The Morgan fingerprint density at radius 2 is 1.95 bits per heavy atom. The third-order valence-corrected chi connectivity index (χ3v) is 3.98. The second-order valence-electron chi connectivity index (χ2n) is 5.53. The summed E-state index contributed by atoms with van der Waals surface area (Å²) in [6, 6.07) is 10.6. The average molecular weight is 274 g/mol. The van der Waals surface area contributed by atoms with E-state index in [9.17, 15) is 0 Å². The molecule has 1 fully saturated rings. The standard InChI is InChI=1S/C16H26N4/c1-20(15-10-6-3-7-11-15)13-12-18-16(17)19-14-8-4-2-5-9-14/h2,4-5,8-9,15H,3,6-7,10-13H2,1H3,(H3,17,18,19). The normalized spacial score (nSPS) is 17.4. The molecular weight excluding hydrogens is 248 g/mol. The molecule has 4 heteroatoms. The van der Waals surface area contributed by atoms with E-state index in [4.69, 9.17) is 5.73 Å². The highest BCUT2D eigenvalue weighted by molar-refractivity contribution is 5.92. The number of benzene rings is 1. The van der Waals surface area contributed by atoms with Crippen LogP contribution in [0, 0.1) is 0 Å². The summed E-state index contributed by atoms with van der Waals surface area (Å²) in [6.07, 6.45) is 6.80. The molecule has 0 spiro atoms. The van der Waals surface area contributed by atoms with Gasteiger partial charge in [0.15, 0.2) is 5.96 Å². The van der Waals surface area contributed by atoms with E-state index in [2.05, 4.69) is 22.3 Å². The lowest BCUT2D eigenvalue weighted by Gasteiger charge is -2.30. The van der Waals surface area contributed by atoms with E-state index < -0.39 is 0 Å². The van der Waals surface area contributed by atoms with E-state index >= 15 is 0 Å². The molecule has 2 rings (SSSR count). The van der Waals surface area contributed by atoms with Gasteiger partial charge in [0, 0.05) is 18.3 Å². The van der Waals surface area contributed by atoms with Crippen molar-refractivity contribution < 1.29 is 0 Å². The van der Waals surface area contributed by atoms with E-state index in [1.807, 2.05) is 30.3 Å². The Bertz CT molecular complexity index is 410. The van der Waals surface area contributed by atoms with Crippen LogP contribution in [0.4, 0.5) is 5.69 Å². The number of likely N-dealkylation sites (N-methyl/N-ethyl adjacent to an activating group) is 1. The topological polar surface area (TPSA) is 53.6 Å². The highest BCUT2D eigenvalue weighted by Crippen LogP contribution is 2.21. The van der Waals surface area contributed by atoms with Crippen molar-refractivity contribution in [2.75, 3.05) is 25.5 Å². The Kier molecular flexibility index (Phi) is 5.87. The van der Waals surface area contributed by atoms with Crippen molar-refractivity contribution in [3.05, 3.63) is 30.3 Å². The predicted molar refractivity (Wildman–Crippen MR) is 86.1 cm³/mol. The molecule has 0 aromatic heterocycles. The molecule has 0 atom stereocenters.